The summed E-state index contributed by atoms with van der Waals surface area (Å²) in [5, 5.41) is 4.58. The van der Waals surface area contributed by atoms with Crippen molar-refractivity contribution in [2.45, 2.75) is 20.8 Å². The van der Waals surface area contributed by atoms with E-state index >= 15 is 0 Å². The molecule has 0 unspecified atom stereocenters. The highest BCUT2D eigenvalue weighted by molar-refractivity contribution is 9.10. The maximum absolute atomic E-state index is 4.58. The third-order valence-electron chi connectivity index (χ3n) is 5.47. The Morgan fingerprint density at radius 1 is 1.03 bits per heavy atom. The van der Waals surface area contributed by atoms with Crippen LogP contribution in [-0.4, -0.2) is 26.4 Å². The molecule has 2 aromatic heterocycles. The van der Waals surface area contributed by atoms with E-state index in [1.54, 1.807) is 12.5 Å². The van der Waals surface area contributed by atoms with Gasteiger partial charge in [-0.15, -0.1) is 0 Å². The minimum absolute atomic E-state index is 1.02. The van der Waals surface area contributed by atoms with E-state index in [1.165, 1.54) is 28.1 Å². The van der Waals surface area contributed by atoms with Crippen LogP contribution < -0.4 is 4.90 Å². The van der Waals surface area contributed by atoms with E-state index in [0.29, 0.717) is 0 Å². The molecule has 0 bridgehead atoms. The highest BCUT2D eigenvalue weighted by Crippen LogP contribution is 2.35. The fraction of sp³-hybridized carbons (Fsp3) is 0.217. The van der Waals surface area contributed by atoms with E-state index in [2.05, 4.69) is 95.1 Å². The number of nitrogens with zero attached hydrogens (tertiary/aromatic N) is 5. The molecule has 0 saturated carbocycles. The quantitative estimate of drug-likeness (QED) is 0.399. The number of hydrogen-bond donors (Lipinski definition) is 0. The highest BCUT2D eigenvalue weighted by atomic mass is 79.9. The first-order valence-corrected chi connectivity index (χ1v) is 10.3. The summed E-state index contributed by atoms with van der Waals surface area (Å²) in [6.07, 6.45) is 5.52. The van der Waals surface area contributed by atoms with Crippen LogP contribution in [0.1, 0.15) is 17.0 Å². The molecular weight excluding hydrogens is 426 g/mol. The zero-order chi connectivity index (χ0) is 20.7. The van der Waals surface area contributed by atoms with Gasteiger partial charge in [-0.1, -0.05) is 12.1 Å². The number of rotatable bonds is 4. The number of hydrogen-bond acceptors (Lipinski definition) is 3. The Kier molecular flexibility index (Phi) is 5.04. The molecule has 4 rings (SSSR count). The van der Waals surface area contributed by atoms with Crippen molar-refractivity contribution in [3.8, 4) is 16.8 Å². The molecule has 0 aliphatic carbocycles. The number of halogens is 1. The summed E-state index contributed by atoms with van der Waals surface area (Å²) in [7, 11) is 4.10. The van der Waals surface area contributed by atoms with Crippen LogP contribution in [0.15, 0.2) is 59.6 Å². The number of imidazole rings is 1. The minimum atomic E-state index is 1.02. The third kappa shape index (κ3) is 3.49. The molecule has 0 radical (unpaired) electrons. The van der Waals surface area contributed by atoms with Crippen LogP contribution in [0.5, 0.6) is 0 Å². The van der Waals surface area contributed by atoms with Gasteiger partial charge >= 0.3 is 0 Å². The van der Waals surface area contributed by atoms with Crippen LogP contribution in [0.3, 0.4) is 0 Å². The number of anilines is 2. The highest BCUT2D eigenvalue weighted by Gasteiger charge is 2.15. The summed E-state index contributed by atoms with van der Waals surface area (Å²) in [5.74, 6) is 0. The Morgan fingerprint density at radius 2 is 1.83 bits per heavy atom. The number of aryl methyl sites for hydroxylation is 3. The molecule has 2 heterocycles. The molecule has 0 atom stereocenters. The predicted octanol–water partition coefficient (Wildman–Crippen LogP) is 5.73. The molecule has 4 aromatic rings. The minimum Gasteiger partial charge on any atom is -0.344 e. The van der Waals surface area contributed by atoms with Gasteiger partial charge in [0.1, 0.15) is 0 Å². The molecule has 0 aliphatic rings. The molecule has 0 saturated heterocycles. The van der Waals surface area contributed by atoms with Crippen LogP contribution in [0.25, 0.3) is 16.8 Å². The Balaban J connectivity index is 1.74. The van der Waals surface area contributed by atoms with E-state index in [9.17, 15) is 0 Å². The largest absolute Gasteiger partial charge is 0.344 e. The molecule has 0 spiro atoms. The van der Waals surface area contributed by atoms with Gasteiger partial charge in [-0.3, -0.25) is 4.68 Å². The van der Waals surface area contributed by atoms with Crippen molar-refractivity contribution in [3.05, 3.63) is 76.5 Å². The number of benzene rings is 2. The average Bonchev–Trinajstić information content (AvgIpc) is 3.30. The first kappa shape index (κ1) is 19.5. The monoisotopic (exact) mass is 449 g/mol. The van der Waals surface area contributed by atoms with Crippen molar-refractivity contribution in [3.63, 3.8) is 0 Å². The van der Waals surface area contributed by atoms with Crippen molar-refractivity contribution in [1.82, 2.24) is 19.3 Å². The zero-order valence-electron chi connectivity index (χ0n) is 17.3. The van der Waals surface area contributed by atoms with Crippen molar-refractivity contribution < 1.29 is 0 Å². The Labute approximate surface area is 179 Å². The van der Waals surface area contributed by atoms with Gasteiger partial charge in [0, 0.05) is 53.6 Å². The van der Waals surface area contributed by atoms with Crippen molar-refractivity contribution >= 4 is 27.3 Å². The van der Waals surface area contributed by atoms with Crippen LogP contribution in [-0.2, 0) is 7.05 Å². The van der Waals surface area contributed by atoms with Crippen molar-refractivity contribution in [2.75, 3.05) is 11.9 Å². The Hall–Kier alpha value is -2.86. The third-order valence-corrected chi connectivity index (χ3v) is 6.10. The maximum atomic E-state index is 4.58. The number of aromatic nitrogens is 4. The molecule has 6 heteroatoms. The van der Waals surface area contributed by atoms with E-state index in [1.807, 2.05) is 22.5 Å². The molecule has 0 aliphatic heterocycles. The fourth-order valence-electron chi connectivity index (χ4n) is 3.77. The second-order valence-corrected chi connectivity index (χ2v) is 8.19. The van der Waals surface area contributed by atoms with Crippen molar-refractivity contribution in [1.29, 1.82) is 0 Å². The summed E-state index contributed by atoms with van der Waals surface area (Å²) in [5.41, 5.74) is 9.20. The average molecular weight is 450 g/mol. The van der Waals surface area contributed by atoms with E-state index in [-0.39, 0.29) is 0 Å². The topological polar surface area (TPSA) is 38.9 Å². The fourth-order valence-corrected chi connectivity index (χ4v) is 4.34. The molecule has 148 valence electrons. The summed E-state index contributed by atoms with van der Waals surface area (Å²) in [6, 6.07) is 13.0. The van der Waals surface area contributed by atoms with Crippen LogP contribution >= 0.6 is 15.9 Å². The lowest BCUT2D eigenvalue weighted by atomic mass is 10.0. The van der Waals surface area contributed by atoms with Crippen LogP contribution in [0.2, 0.25) is 0 Å². The molecule has 29 heavy (non-hydrogen) atoms. The first-order chi connectivity index (χ1) is 13.9. The molecule has 0 fully saturated rings. The van der Waals surface area contributed by atoms with Crippen molar-refractivity contribution in [2.24, 2.45) is 7.05 Å². The molecular formula is C23H24BrN5. The summed E-state index contributed by atoms with van der Waals surface area (Å²) < 4.78 is 4.96. The smallest absolute Gasteiger partial charge is 0.0992 e. The standard InChI is InChI=1S/C23H24BrN5/c1-15-6-7-18(23-16(2)26-28(5)17(23)3)12-22(15)27(4)19-8-9-21(20(24)13-19)29-11-10-25-14-29/h6-14H,1-5H3. The lowest BCUT2D eigenvalue weighted by Crippen LogP contribution is -2.11. The molecule has 5 nitrogen and oxygen atoms in total. The van der Waals surface area contributed by atoms with Gasteiger partial charge in [-0.05, 0) is 72.1 Å². The lowest BCUT2D eigenvalue weighted by Gasteiger charge is -2.23. The van der Waals surface area contributed by atoms with Gasteiger partial charge in [-0.2, -0.15) is 5.10 Å². The Bertz CT molecular complexity index is 1170. The van der Waals surface area contributed by atoms with Crippen LogP contribution in [0, 0.1) is 20.8 Å². The normalized spacial score (nSPS) is 11.1. The zero-order valence-corrected chi connectivity index (χ0v) is 18.9. The van der Waals surface area contributed by atoms with Gasteiger partial charge in [0.2, 0.25) is 0 Å². The van der Waals surface area contributed by atoms with Gasteiger partial charge in [-0.25, -0.2) is 4.98 Å². The molecule has 0 N–H and O–H groups in total. The van der Waals surface area contributed by atoms with Gasteiger partial charge in [0.25, 0.3) is 0 Å². The first-order valence-electron chi connectivity index (χ1n) is 9.49. The summed E-state index contributed by atoms with van der Waals surface area (Å²) >= 11 is 3.71. The van der Waals surface area contributed by atoms with Gasteiger partial charge < -0.3 is 9.47 Å². The van der Waals surface area contributed by atoms with E-state index in [0.717, 1.165) is 21.5 Å². The van der Waals surface area contributed by atoms with Crippen LogP contribution in [0.4, 0.5) is 11.4 Å². The summed E-state index contributed by atoms with van der Waals surface area (Å²) in [4.78, 5) is 6.36. The van der Waals surface area contributed by atoms with Gasteiger partial charge in [0.05, 0.1) is 17.7 Å². The second kappa shape index (κ2) is 7.52. The summed E-state index contributed by atoms with van der Waals surface area (Å²) in [6.45, 7) is 6.33. The SMILES string of the molecule is Cc1ccc(-c2c(C)nn(C)c2C)cc1N(C)c1ccc(-n2ccnc2)c(Br)c1. The Morgan fingerprint density at radius 3 is 2.45 bits per heavy atom. The predicted molar refractivity (Wildman–Crippen MR) is 122 cm³/mol. The lowest BCUT2D eigenvalue weighted by molar-refractivity contribution is 0.731. The van der Waals surface area contributed by atoms with E-state index in [4.69, 9.17) is 0 Å². The second-order valence-electron chi connectivity index (χ2n) is 7.34. The molecule has 2 aromatic carbocycles. The van der Waals surface area contributed by atoms with Gasteiger partial charge in [0.15, 0.2) is 0 Å². The molecule has 0 amide bonds. The maximum Gasteiger partial charge on any atom is 0.0992 e. The van der Waals surface area contributed by atoms with E-state index < -0.39 is 0 Å².